The van der Waals surface area contributed by atoms with Crippen molar-refractivity contribution in [3.8, 4) is 17.0 Å². The van der Waals surface area contributed by atoms with Crippen molar-refractivity contribution in [1.29, 1.82) is 0 Å². The summed E-state index contributed by atoms with van der Waals surface area (Å²) in [6.45, 7) is 7.31. The molecule has 7 nitrogen and oxygen atoms in total. The summed E-state index contributed by atoms with van der Waals surface area (Å²) in [7, 11) is -3.96. The average molecular weight is 521 g/mol. The van der Waals surface area contributed by atoms with Crippen LogP contribution in [0.5, 0.6) is 5.75 Å². The molecule has 194 valence electrons. The number of anilines is 1. The van der Waals surface area contributed by atoms with Gasteiger partial charge in [0.15, 0.2) is 0 Å². The van der Waals surface area contributed by atoms with Gasteiger partial charge in [-0.1, -0.05) is 35.9 Å². The van der Waals surface area contributed by atoms with Gasteiger partial charge in [-0.05, 0) is 63.2 Å². The van der Waals surface area contributed by atoms with Crippen LogP contribution in [-0.4, -0.2) is 50.9 Å². The van der Waals surface area contributed by atoms with Crippen LogP contribution in [-0.2, 0) is 14.3 Å². The van der Waals surface area contributed by atoms with E-state index in [0.717, 1.165) is 40.8 Å². The Hall–Kier alpha value is -3.46. The fourth-order valence-corrected chi connectivity index (χ4v) is 4.95. The number of aryl methyl sites for hydroxylation is 1. The van der Waals surface area contributed by atoms with Crippen LogP contribution in [0.4, 0.5) is 5.69 Å². The number of fused-ring (bicyclic) bond motifs is 1. The summed E-state index contributed by atoms with van der Waals surface area (Å²) in [5, 5.41) is 10.7. The van der Waals surface area contributed by atoms with Crippen LogP contribution < -0.4 is 9.64 Å². The number of hydrogen-bond donors (Lipinski definition) is 1. The van der Waals surface area contributed by atoms with Crippen molar-refractivity contribution < 1.29 is 22.4 Å². The lowest BCUT2D eigenvalue weighted by molar-refractivity contribution is 0.0742. The number of rotatable bonds is 11. The number of hydrogen-bond acceptors (Lipinski definition) is 7. The monoisotopic (exact) mass is 520 g/mol. The summed E-state index contributed by atoms with van der Waals surface area (Å²) in [6, 6.07) is 24.1. The van der Waals surface area contributed by atoms with Gasteiger partial charge in [0.05, 0.1) is 22.7 Å². The number of aliphatic hydroxyl groups excluding tert-OH is 1. The Kier molecular flexibility index (Phi) is 8.43. The highest BCUT2D eigenvalue weighted by atomic mass is 32.2. The second-order valence-electron chi connectivity index (χ2n) is 8.74. The first-order valence-electron chi connectivity index (χ1n) is 12.3. The summed E-state index contributed by atoms with van der Waals surface area (Å²) in [4.78, 5) is 7.15. The second-order valence-corrected chi connectivity index (χ2v) is 10.4. The summed E-state index contributed by atoms with van der Waals surface area (Å²) in [6.07, 6.45) is -0.867. The van der Waals surface area contributed by atoms with Crippen LogP contribution in [0.15, 0.2) is 83.8 Å². The molecule has 0 saturated carbocycles. The van der Waals surface area contributed by atoms with Gasteiger partial charge in [0.2, 0.25) is 0 Å². The summed E-state index contributed by atoms with van der Waals surface area (Å²) >= 11 is 0. The number of aliphatic hydroxyl groups is 1. The van der Waals surface area contributed by atoms with E-state index in [4.69, 9.17) is 13.9 Å². The molecule has 0 aliphatic heterocycles. The molecule has 0 aliphatic carbocycles. The number of ether oxygens (including phenoxy) is 1. The lowest BCUT2D eigenvalue weighted by atomic mass is 10.1. The predicted molar refractivity (Wildman–Crippen MR) is 147 cm³/mol. The smallest absolute Gasteiger partial charge is 0.297 e. The molecule has 0 bridgehead atoms. The molecule has 1 N–H and O–H groups in total. The summed E-state index contributed by atoms with van der Waals surface area (Å²) in [5.41, 5.74) is 4.69. The first-order chi connectivity index (χ1) is 17.8. The van der Waals surface area contributed by atoms with E-state index < -0.39 is 22.8 Å². The predicted octanol–water partition coefficient (Wildman–Crippen LogP) is 5.20. The minimum Gasteiger partial charge on any atom is -0.485 e. The van der Waals surface area contributed by atoms with Crippen LogP contribution >= 0.6 is 0 Å². The van der Waals surface area contributed by atoms with Crippen LogP contribution in [0.3, 0.4) is 0 Å². The normalized spacial score (nSPS) is 12.4. The first kappa shape index (κ1) is 26.6. The number of nitrogens with zero attached hydrogens (tertiary/aromatic N) is 2. The lowest BCUT2D eigenvalue weighted by Gasteiger charge is -2.21. The molecule has 0 spiro atoms. The molecular weight excluding hydrogens is 488 g/mol. The molecule has 1 atom stereocenters. The van der Waals surface area contributed by atoms with E-state index in [-0.39, 0.29) is 11.5 Å². The zero-order valence-corrected chi connectivity index (χ0v) is 22.1. The Morgan fingerprint density at radius 3 is 2.24 bits per heavy atom. The molecule has 3 aromatic carbocycles. The Balaban J connectivity index is 1.48. The van der Waals surface area contributed by atoms with E-state index in [1.165, 1.54) is 17.8 Å². The Bertz CT molecular complexity index is 1430. The Labute approximate surface area is 218 Å². The molecule has 0 fully saturated rings. The van der Waals surface area contributed by atoms with Gasteiger partial charge in [0.25, 0.3) is 10.1 Å². The molecule has 4 rings (SSSR count). The summed E-state index contributed by atoms with van der Waals surface area (Å²) in [5.74, 6) is 0.462. The van der Waals surface area contributed by atoms with Crippen LogP contribution in [0, 0.1) is 6.92 Å². The van der Waals surface area contributed by atoms with Gasteiger partial charge in [0, 0.05) is 35.8 Å². The van der Waals surface area contributed by atoms with Crippen molar-refractivity contribution in [3.05, 3.63) is 84.4 Å². The fraction of sp³-hybridized carbons (Fsp3) is 0.276. The van der Waals surface area contributed by atoms with Gasteiger partial charge in [-0.2, -0.15) is 8.42 Å². The highest BCUT2D eigenvalue weighted by Crippen LogP contribution is 2.26. The average Bonchev–Trinajstić information content (AvgIpc) is 2.92. The first-order valence-corrected chi connectivity index (χ1v) is 13.7. The molecule has 0 amide bonds. The maximum Gasteiger partial charge on any atom is 0.297 e. The van der Waals surface area contributed by atoms with Crippen LogP contribution in [0.1, 0.15) is 19.4 Å². The van der Waals surface area contributed by atoms with Crippen molar-refractivity contribution in [2.45, 2.75) is 31.8 Å². The van der Waals surface area contributed by atoms with Gasteiger partial charge in [-0.3, -0.25) is 4.18 Å². The third-order valence-corrected chi connectivity index (χ3v) is 7.48. The topological polar surface area (TPSA) is 89.0 Å². The van der Waals surface area contributed by atoms with E-state index in [1.807, 2.05) is 25.1 Å². The van der Waals surface area contributed by atoms with Gasteiger partial charge in [0.1, 0.15) is 18.5 Å². The molecule has 0 saturated heterocycles. The zero-order valence-electron chi connectivity index (χ0n) is 21.3. The highest BCUT2D eigenvalue weighted by Gasteiger charge is 2.19. The van der Waals surface area contributed by atoms with Crippen molar-refractivity contribution in [1.82, 2.24) is 4.98 Å². The highest BCUT2D eigenvalue weighted by molar-refractivity contribution is 7.86. The zero-order chi connectivity index (χ0) is 26.4. The van der Waals surface area contributed by atoms with Gasteiger partial charge >= 0.3 is 0 Å². The molecular formula is C29H32N2O5S. The summed E-state index contributed by atoms with van der Waals surface area (Å²) < 4.78 is 36.0. The number of aromatic nitrogens is 1. The van der Waals surface area contributed by atoms with E-state index >= 15 is 0 Å². The van der Waals surface area contributed by atoms with Crippen molar-refractivity contribution in [2.24, 2.45) is 0 Å². The third kappa shape index (κ3) is 6.46. The molecule has 1 heterocycles. The Morgan fingerprint density at radius 1 is 0.919 bits per heavy atom. The molecule has 37 heavy (non-hydrogen) atoms. The van der Waals surface area contributed by atoms with E-state index in [1.54, 1.807) is 24.3 Å². The SMILES string of the molecule is CCN(CC)c1ccc(-c2ccc3ccc(OC(CO)COS(=O)(=O)c4ccc(C)cc4)cc3n2)cc1. The molecule has 8 heteroatoms. The molecule has 1 unspecified atom stereocenters. The van der Waals surface area contributed by atoms with Gasteiger partial charge in [-0.15, -0.1) is 0 Å². The number of benzene rings is 3. The second kappa shape index (κ2) is 11.7. The molecule has 1 aromatic heterocycles. The largest absolute Gasteiger partial charge is 0.485 e. The van der Waals surface area contributed by atoms with Crippen molar-refractivity contribution in [2.75, 3.05) is 31.2 Å². The molecule has 4 aromatic rings. The van der Waals surface area contributed by atoms with E-state index in [9.17, 15) is 13.5 Å². The minimum atomic E-state index is -3.96. The quantitative estimate of drug-likeness (QED) is 0.272. The van der Waals surface area contributed by atoms with Gasteiger partial charge in [-0.25, -0.2) is 4.98 Å². The van der Waals surface area contributed by atoms with Crippen LogP contribution in [0.2, 0.25) is 0 Å². The standard InChI is InChI=1S/C29H32N2O5S/c1-4-31(5-2)24-12-8-22(9-13-24)28-17-11-23-10-14-25(18-29(23)30-28)36-26(19-32)20-35-37(33,34)27-15-6-21(3)7-16-27/h6-18,26,32H,4-5,19-20H2,1-3H3. The maximum absolute atomic E-state index is 12.5. The fourth-order valence-electron chi connectivity index (χ4n) is 4.02. The Morgan fingerprint density at radius 2 is 1.59 bits per heavy atom. The van der Waals surface area contributed by atoms with E-state index in [2.05, 4.69) is 43.0 Å². The lowest BCUT2D eigenvalue weighted by Crippen LogP contribution is -2.28. The molecule has 0 radical (unpaired) electrons. The molecule has 0 aliphatic rings. The van der Waals surface area contributed by atoms with Crippen molar-refractivity contribution in [3.63, 3.8) is 0 Å². The maximum atomic E-state index is 12.5. The minimum absolute atomic E-state index is 0.0577. The van der Waals surface area contributed by atoms with Crippen LogP contribution in [0.25, 0.3) is 22.2 Å². The number of pyridine rings is 1. The third-order valence-electron chi connectivity index (χ3n) is 6.18. The van der Waals surface area contributed by atoms with Crippen molar-refractivity contribution >= 4 is 26.7 Å². The van der Waals surface area contributed by atoms with Gasteiger partial charge < -0.3 is 14.7 Å². The van der Waals surface area contributed by atoms with E-state index in [0.29, 0.717) is 5.75 Å².